The van der Waals surface area contributed by atoms with Crippen molar-refractivity contribution < 1.29 is 0 Å². The van der Waals surface area contributed by atoms with E-state index in [1.807, 2.05) is 89.9 Å². The van der Waals surface area contributed by atoms with Crippen LogP contribution in [0.1, 0.15) is 5.56 Å². The molecule has 1 aromatic heterocycles. The monoisotopic (exact) mass is 416 g/mol. The maximum absolute atomic E-state index is 6.38. The van der Waals surface area contributed by atoms with Gasteiger partial charge in [0.1, 0.15) is 12.0 Å². The average Bonchev–Trinajstić information content (AvgIpc) is 2.80. The second kappa shape index (κ2) is 9.15. The lowest BCUT2D eigenvalue weighted by atomic mass is 10.2. The van der Waals surface area contributed by atoms with E-state index in [-0.39, 0.29) is 0 Å². The number of anilines is 5. The number of nitrogens with one attached hydrogen (secondary N) is 2. The summed E-state index contributed by atoms with van der Waals surface area (Å²) in [5.41, 5.74) is 13.1. The van der Waals surface area contributed by atoms with Crippen LogP contribution in [-0.4, -0.2) is 9.97 Å². The zero-order chi connectivity index (χ0) is 20.8. The van der Waals surface area contributed by atoms with Crippen LogP contribution in [0.3, 0.4) is 0 Å². The van der Waals surface area contributed by atoms with Crippen LogP contribution >= 0.6 is 11.6 Å². The highest BCUT2D eigenvalue weighted by molar-refractivity contribution is 6.30. The Morgan fingerprint density at radius 3 is 1.93 bits per heavy atom. The molecule has 1 heterocycles. The summed E-state index contributed by atoms with van der Waals surface area (Å²) in [7, 11) is 0. The third-order valence-electron chi connectivity index (χ3n) is 4.50. The van der Waals surface area contributed by atoms with Gasteiger partial charge in [-0.2, -0.15) is 0 Å². The second-order valence-electron chi connectivity index (χ2n) is 6.58. The molecular formula is C23H21ClN6. The summed E-state index contributed by atoms with van der Waals surface area (Å²) in [5.74, 6) is 1.07. The molecule has 150 valence electrons. The minimum Gasteiger partial charge on any atom is -0.393 e. The normalized spacial score (nSPS) is 10.4. The van der Waals surface area contributed by atoms with E-state index >= 15 is 0 Å². The smallest absolute Gasteiger partial charge is 0.173 e. The molecular weight excluding hydrogens is 396 g/mol. The first-order chi connectivity index (χ1) is 14.7. The van der Waals surface area contributed by atoms with Crippen LogP contribution in [0, 0.1) is 0 Å². The van der Waals surface area contributed by atoms with Crippen molar-refractivity contribution in [3.8, 4) is 0 Å². The third-order valence-corrected chi connectivity index (χ3v) is 4.76. The summed E-state index contributed by atoms with van der Waals surface area (Å²) in [6.45, 7) is 0.568. The fraction of sp³-hybridized carbons (Fsp3) is 0.0435. The number of benzene rings is 3. The van der Waals surface area contributed by atoms with Crippen molar-refractivity contribution in [2.75, 3.05) is 21.5 Å². The van der Waals surface area contributed by atoms with Crippen LogP contribution < -0.4 is 21.5 Å². The molecule has 0 spiro atoms. The van der Waals surface area contributed by atoms with E-state index in [2.05, 4.69) is 20.7 Å². The molecule has 0 aliphatic rings. The van der Waals surface area contributed by atoms with Gasteiger partial charge in [0, 0.05) is 11.6 Å². The SMILES string of the molecule is Nc1c(NCc2ccc(Cl)cc2)ncnc1NN(c1ccccc1)c1ccccc1. The standard InChI is InChI=1S/C23H21ClN6/c24-18-13-11-17(12-14-18)15-26-22-21(25)23(28-16-27-22)29-30(19-7-3-1-4-8-19)20-9-5-2-6-10-20/h1-14,16H,15,25H2,(H2,26,27,28,29). The molecule has 0 aliphatic heterocycles. The molecule has 0 bridgehead atoms. The fourth-order valence-corrected chi connectivity index (χ4v) is 3.08. The topological polar surface area (TPSA) is 79.1 Å². The predicted molar refractivity (Wildman–Crippen MR) is 124 cm³/mol. The van der Waals surface area contributed by atoms with E-state index in [9.17, 15) is 0 Å². The van der Waals surface area contributed by atoms with Gasteiger partial charge in [-0.25, -0.2) is 9.97 Å². The maximum atomic E-state index is 6.38. The van der Waals surface area contributed by atoms with Crippen molar-refractivity contribution in [1.82, 2.24) is 9.97 Å². The Kier molecular flexibility index (Phi) is 5.96. The highest BCUT2D eigenvalue weighted by atomic mass is 35.5. The minimum absolute atomic E-state index is 0.434. The van der Waals surface area contributed by atoms with E-state index in [1.54, 1.807) is 0 Å². The Labute approximate surface area is 180 Å². The van der Waals surface area contributed by atoms with Gasteiger partial charge in [-0.05, 0) is 42.0 Å². The van der Waals surface area contributed by atoms with Gasteiger partial charge < -0.3 is 11.1 Å². The number of nitrogens with zero attached hydrogens (tertiary/aromatic N) is 3. The number of nitrogen functional groups attached to an aromatic ring is 1. The number of para-hydroxylation sites is 2. The van der Waals surface area contributed by atoms with Crippen molar-refractivity contribution in [2.45, 2.75) is 6.54 Å². The first-order valence-corrected chi connectivity index (χ1v) is 9.84. The minimum atomic E-state index is 0.434. The molecule has 0 unspecified atom stereocenters. The molecule has 0 saturated carbocycles. The Morgan fingerprint density at radius 2 is 1.33 bits per heavy atom. The Bertz CT molecular complexity index is 1050. The highest BCUT2D eigenvalue weighted by Gasteiger charge is 2.14. The Balaban J connectivity index is 1.58. The van der Waals surface area contributed by atoms with Crippen LogP contribution in [0.5, 0.6) is 0 Å². The summed E-state index contributed by atoms with van der Waals surface area (Å²) in [5, 5.41) is 5.90. The van der Waals surface area contributed by atoms with Gasteiger partial charge in [-0.15, -0.1) is 0 Å². The molecule has 0 atom stereocenters. The molecule has 4 aromatic rings. The van der Waals surface area contributed by atoms with E-state index in [1.165, 1.54) is 6.33 Å². The van der Waals surface area contributed by atoms with Crippen molar-refractivity contribution >= 4 is 40.3 Å². The van der Waals surface area contributed by atoms with Gasteiger partial charge in [-0.1, -0.05) is 60.1 Å². The number of aromatic nitrogens is 2. The molecule has 3 aromatic carbocycles. The van der Waals surface area contributed by atoms with Crippen molar-refractivity contribution in [3.05, 3.63) is 102 Å². The van der Waals surface area contributed by atoms with Crippen LogP contribution in [0.4, 0.5) is 28.7 Å². The number of hydrogen-bond acceptors (Lipinski definition) is 6. The van der Waals surface area contributed by atoms with E-state index in [4.69, 9.17) is 17.3 Å². The number of nitrogens with two attached hydrogens (primary N) is 1. The lowest BCUT2D eigenvalue weighted by Crippen LogP contribution is -2.26. The summed E-state index contributed by atoms with van der Waals surface area (Å²) in [6, 6.07) is 27.5. The molecule has 0 saturated heterocycles. The summed E-state index contributed by atoms with van der Waals surface area (Å²) >= 11 is 5.95. The van der Waals surface area contributed by atoms with Crippen LogP contribution in [0.25, 0.3) is 0 Å². The van der Waals surface area contributed by atoms with Gasteiger partial charge in [0.05, 0.1) is 11.4 Å². The van der Waals surface area contributed by atoms with Gasteiger partial charge in [0.15, 0.2) is 11.6 Å². The molecule has 7 heteroatoms. The lowest BCUT2D eigenvalue weighted by molar-refractivity contribution is 1.06. The molecule has 4 N–H and O–H groups in total. The van der Waals surface area contributed by atoms with Crippen LogP contribution in [0.2, 0.25) is 5.02 Å². The first kappa shape index (κ1) is 19.5. The molecule has 4 rings (SSSR count). The Morgan fingerprint density at radius 1 is 0.767 bits per heavy atom. The predicted octanol–water partition coefficient (Wildman–Crippen LogP) is 5.49. The van der Waals surface area contributed by atoms with E-state index in [0.717, 1.165) is 16.9 Å². The summed E-state index contributed by atoms with van der Waals surface area (Å²) in [6.07, 6.45) is 1.48. The van der Waals surface area contributed by atoms with Gasteiger partial charge in [0.25, 0.3) is 0 Å². The zero-order valence-corrected chi connectivity index (χ0v) is 16.9. The van der Waals surface area contributed by atoms with Gasteiger partial charge in [-0.3, -0.25) is 10.4 Å². The molecule has 30 heavy (non-hydrogen) atoms. The lowest BCUT2D eigenvalue weighted by Gasteiger charge is -2.26. The Hall–Kier alpha value is -3.77. The zero-order valence-electron chi connectivity index (χ0n) is 16.2. The summed E-state index contributed by atoms with van der Waals surface area (Å²) in [4.78, 5) is 8.64. The number of rotatable bonds is 7. The quantitative estimate of drug-likeness (QED) is 0.346. The third kappa shape index (κ3) is 4.61. The molecule has 0 radical (unpaired) electrons. The number of hydrazine groups is 1. The fourth-order valence-electron chi connectivity index (χ4n) is 2.95. The van der Waals surface area contributed by atoms with Crippen molar-refractivity contribution in [1.29, 1.82) is 0 Å². The van der Waals surface area contributed by atoms with E-state index < -0.39 is 0 Å². The van der Waals surface area contributed by atoms with E-state index in [0.29, 0.717) is 28.9 Å². The summed E-state index contributed by atoms with van der Waals surface area (Å²) < 4.78 is 0. The first-order valence-electron chi connectivity index (χ1n) is 9.46. The largest absolute Gasteiger partial charge is 0.393 e. The van der Waals surface area contributed by atoms with Gasteiger partial charge >= 0.3 is 0 Å². The highest BCUT2D eigenvalue weighted by Crippen LogP contribution is 2.29. The maximum Gasteiger partial charge on any atom is 0.173 e. The van der Waals surface area contributed by atoms with Crippen LogP contribution in [-0.2, 0) is 6.54 Å². The van der Waals surface area contributed by atoms with Crippen molar-refractivity contribution in [3.63, 3.8) is 0 Å². The molecule has 0 amide bonds. The average molecular weight is 417 g/mol. The molecule has 0 aliphatic carbocycles. The van der Waals surface area contributed by atoms with Crippen LogP contribution in [0.15, 0.2) is 91.3 Å². The van der Waals surface area contributed by atoms with Crippen molar-refractivity contribution in [2.24, 2.45) is 0 Å². The number of hydrogen-bond donors (Lipinski definition) is 3. The molecule has 0 fully saturated rings. The number of halogens is 1. The molecule has 6 nitrogen and oxygen atoms in total. The van der Waals surface area contributed by atoms with Gasteiger partial charge in [0.2, 0.25) is 0 Å². The second-order valence-corrected chi connectivity index (χ2v) is 7.02.